The maximum absolute atomic E-state index is 12.5. The van der Waals surface area contributed by atoms with Gasteiger partial charge in [-0.05, 0) is 50.8 Å². The smallest absolute Gasteiger partial charge is 0.154 e. The number of rotatable bonds is 3. The van der Waals surface area contributed by atoms with Crippen molar-refractivity contribution in [3.63, 3.8) is 0 Å². The van der Waals surface area contributed by atoms with Crippen LogP contribution in [0.3, 0.4) is 0 Å². The van der Waals surface area contributed by atoms with Crippen LogP contribution in [0.2, 0.25) is 0 Å². The molecule has 1 N–H and O–H groups in total. The lowest BCUT2D eigenvalue weighted by Crippen LogP contribution is -2.49. The van der Waals surface area contributed by atoms with Gasteiger partial charge in [0.1, 0.15) is 0 Å². The molecule has 116 valence electrons. The van der Waals surface area contributed by atoms with Crippen LogP contribution in [-0.4, -0.2) is 37.5 Å². The van der Waals surface area contributed by atoms with Gasteiger partial charge in [-0.1, -0.05) is 12.5 Å². The highest BCUT2D eigenvalue weighted by Crippen LogP contribution is 2.37. The number of nitrogens with zero attached hydrogens (tertiary/aromatic N) is 1. The Morgan fingerprint density at radius 3 is 2.90 bits per heavy atom. The summed E-state index contributed by atoms with van der Waals surface area (Å²) in [5.74, 6) is 0.565. The number of hydrogen-bond acceptors (Lipinski definition) is 4. The van der Waals surface area contributed by atoms with Crippen LogP contribution in [0.25, 0.3) is 0 Å². The second-order valence-electron chi connectivity index (χ2n) is 6.26. The van der Waals surface area contributed by atoms with E-state index in [1.807, 2.05) is 19.3 Å². The van der Waals surface area contributed by atoms with Gasteiger partial charge in [0.05, 0.1) is 11.0 Å². The second kappa shape index (κ2) is 6.05. The lowest BCUT2D eigenvalue weighted by molar-refractivity contribution is 0.367. The zero-order chi connectivity index (χ0) is 14.9. The standard InChI is InChI=1S/C16H24N2O2S/c1-17-16(14-9-2-3-11-21(14,19)20)13-8-4-6-12-7-5-10-18-15(12)13/h5,7,10,13-14,16-17H,2-4,6,8-9,11H2,1H3. The molecule has 0 amide bonds. The summed E-state index contributed by atoms with van der Waals surface area (Å²) in [7, 11) is -1.08. The van der Waals surface area contributed by atoms with Gasteiger partial charge in [0.25, 0.3) is 0 Å². The van der Waals surface area contributed by atoms with Crippen LogP contribution in [0.4, 0.5) is 0 Å². The Labute approximate surface area is 127 Å². The number of likely N-dealkylation sites (N-methyl/N-ethyl adjacent to an activating group) is 1. The van der Waals surface area contributed by atoms with E-state index >= 15 is 0 Å². The van der Waals surface area contributed by atoms with Crippen molar-refractivity contribution in [2.24, 2.45) is 0 Å². The molecular formula is C16H24N2O2S. The number of aryl methyl sites for hydroxylation is 1. The Morgan fingerprint density at radius 1 is 1.29 bits per heavy atom. The van der Waals surface area contributed by atoms with Crippen molar-refractivity contribution in [3.05, 3.63) is 29.6 Å². The SMILES string of the molecule is CNC(C1CCCc2cccnc21)C1CCCCS1(=O)=O. The molecule has 0 spiro atoms. The Hall–Kier alpha value is -0.940. The van der Waals surface area contributed by atoms with Crippen LogP contribution in [-0.2, 0) is 16.3 Å². The number of fused-ring (bicyclic) bond motifs is 1. The van der Waals surface area contributed by atoms with E-state index in [1.165, 1.54) is 5.56 Å². The van der Waals surface area contributed by atoms with Gasteiger partial charge in [0.15, 0.2) is 9.84 Å². The predicted molar refractivity (Wildman–Crippen MR) is 84.2 cm³/mol. The Bertz CT molecular complexity index is 600. The van der Waals surface area contributed by atoms with Crippen molar-refractivity contribution in [3.8, 4) is 0 Å². The molecule has 2 heterocycles. The molecule has 4 nitrogen and oxygen atoms in total. The van der Waals surface area contributed by atoms with Crippen molar-refractivity contribution >= 4 is 9.84 Å². The number of sulfone groups is 1. The van der Waals surface area contributed by atoms with E-state index in [0.29, 0.717) is 5.75 Å². The molecule has 1 aromatic rings. The lowest BCUT2D eigenvalue weighted by atomic mass is 9.80. The summed E-state index contributed by atoms with van der Waals surface area (Å²) >= 11 is 0. The number of hydrogen-bond donors (Lipinski definition) is 1. The molecule has 1 saturated heterocycles. The summed E-state index contributed by atoms with van der Waals surface area (Å²) in [6.45, 7) is 0. The summed E-state index contributed by atoms with van der Waals surface area (Å²) in [6, 6.07) is 4.10. The molecule has 5 heteroatoms. The summed E-state index contributed by atoms with van der Waals surface area (Å²) in [5.41, 5.74) is 2.41. The fourth-order valence-electron chi connectivity index (χ4n) is 4.02. The van der Waals surface area contributed by atoms with Gasteiger partial charge in [-0.15, -0.1) is 0 Å². The molecule has 0 radical (unpaired) electrons. The van der Waals surface area contributed by atoms with E-state index < -0.39 is 9.84 Å². The molecule has 0 saturated carbocycles. The van der Waals surface area contributed by atoms with Gasteiger partial charge >= 0.3 is 0 Å². The fraction of sp³-hybridized carbons (Fsp3) is 0.688. The van der Waals surface area contributed by atoms with Crippen molar-refractivity contribution in [1.29, 1.82) is 0 Å². The van der Waals surface area contributed by atoms with E-state index in [1.54, 1.807) is 0 Å². The minimum Gasteiger partial charge on any atom is -0.315 e. The highest BCUT2D eigenvalue weighted by atomic mass is 32.2. The Kier molecular flexibility index (Phi) is 4.31. The number of aromatic nitrogens is 1. The average Bonchev–Trinajstić information content (AvgIpc) is 2.49. The van der Waals surface area contributed by atoms with Gasteiger partial charge < -0.3 is 5.32 Å². The van der Waals surface area contributed by atoms with Gasteiger partial charge in [-0.2, -0.15) is 0 Å². The van der Waals surface area contributed by atoms with E-state index in [9.17, 15) is 8.42 Å². The fourth-order valence-corrected chi connectivity index (χ4v) is 6.23. The summed E-state index contributed by atoms with van der Waals surface area (Å²) in [5, 5.41) is 3.06. The van der Waals surface area contributed by atoms with Crippen LogP contribution in [0, 0.1) is 0 Å². The average molecular weight is 308 g/mol. The van der Waals surface area contributed by atoms with Crippen LogP contribution < -0.4 is 5.32 Å². The van der Waals surface area contributed by atoms with E-state index in [-0.39, 0.29) is 17.2 Å². The van der Waals surface area contributed by atoms with E-state index in [0.717, 1.165) is 44.2 Å². The zero-order valence-corrected chi connectivity index (χ0v) is 13.4. The molecule has 0 aromatic carbocycles. The highest BCUT2D eigenvalue weighted by molar-refractivity contribution is 7.92. The van der Waals surface area contributed by atoms with Crippen molar-refractivity contribution < 1.29 is 8.42 Å². The lowest BCUT2D eigenvalue weighted by Gasteiger charge is -2.37. The minimum absolute atomic E-state index is 0.00995. The highest BCUT2D eigenvalue weighted by Gasteiger charge is 2.40. The number of nitrogens with one attached hydrogen (secondary N) is 1. The molecule has 1 aliphatic carbocycles. The van der Waals surface area contributed by atoms with E-state index in [2.05, 4.69) is 16.4 Å². The monoisotopic (exact) mass is 308 g/mol. The molecule has 2 aliphatic rings. The topological polar surface area (TPSA) is 59.1 Å². The first-order valence-corrected chi connectivity index (χ1v) is 9.67. The first-order chi connectivity index (χ1) is 10.1. The van der Waals surface area contributed by atoms with Crippen LogP contribution >= 0.6 is 0 Å². The molecule has 21 heavy (non-hydrogen) atoms. The third-order valence-electron chi connectivity index (χ3n) is 5.03. The van der Waals surface area contributed by atoms with Gasteiger partial charge in [0, 0.05) is 23.9 Å². The molecule has 3 atom stereocenters. The molecule has 1 aromatic heterocycles. The largest absolute Gasteiger partial charge is 0.315 e. The molecular weight excluding hydrogens is 284 g/mol. The maximum atomic E-state index is 12.5. The molecule has 0 bridgehead atoms. The summed E-state index contributed by atoms with van der Waals surface area (Å²) in [4.78, 5) is 4.58. The second-order valence-corrected chi connectivity index (χ2v) is 8.60. The number of pyridine rings is 1. The summed E-state index contributed by atoms with van der Waals surface area (Å²) in [6.07, 6.45) is 7.66. The maximum Gasteiger partial charge on any atom is 0.154 e. The van der Waals surface area contributed by atoms with Gasteiger partial charge in [0.2, 0.25) is 0 Å². The molecule has 3 rings (SSSR count). The van der Waals surface area contributed by atoms with Crippen LogP contribution in [0.1, 0.15) is 49.3 Å². The van der Waals surface area contributed by atoms with Crippen molar-refractivity contribution in [1.82, 2.24) is 10.3 Å². The van der Waals surface area contributed by atoms with Gasteiger partial charge in [-0.3, -0.25) is 4.98 Å². The van der Waals surface area contributed by atoms with Crippen LogP contribution in [0.15, 0.2) is 18.3 Å². The van der Waals surface area contributed by atoms with Crippen molar-refractivity contribution in [2.75, 3.05) is 12.8 Å². The molecule has 1 aliphatic heterocycles. The third kappa shape index (κ3) is 2.86. The zero-order valence-electron chi connectivity index (χ0n) is 12.6. The minimum atomic E-state index is -2.98. The quantitative estimate of drug-likeness (QED) is 0.928. The van der Waals surface area contributed by atoms with Gasteiger partial charge in [-0.25, -0.2) is 8.42 Å². The normalized spacial score (nSPS) is 29.6. The van der Waals surface area contributed by atoms with Crippen LogP contribution in [0.5, 0.6) is 0 Å². The molecule has 1 fully saturated rings. The van der Waals surface area contributed by atoms with Crippen molar-refractivity contribution in [2.45, 2.75) is 55.7 Å². The first kappa shape index (κ1) is 15.0. The Balaban J connectivity index is 1.94. The van der Waals surface area contributed by atoms with E-state index in [4.69, 9.17) is 0 Å². The first-order valence-electron chi connectivity index (χ1n) is 7.96. The predicted octanol–water partition coefficient (Wildman–Crippen LogP) is 2.06. The summed E-state index contributed by atoms with van der Waals surface area (Å²) < 4.78 is 25.0. The Morgan fingerprint density at radius 2 is 2.14 bits per heavy atom. The third-order valence-corrected chi connectivity index (χ3v) is 7.34. The molecule has 3 unspecified atom stereocenters.